The van der Waals surface area contributed by atoms with Crippen molar-refractivity contribution >= 4 is 21.5 Å². The van der Waals surface area contributed by atoms with Crippen molar-refractivity contribution in [3.05, 3.63) is 30.5 Å². The Morgan fingerprint density at radius 2 is 2.16 bits per heavy atom. The topological polar surface area (TPSA) is 104 Å². The van der Waals surface area contributed by atoms with Gasteiger partial charge in [-0.2, -0.15) is 0 Å². The van der Waals surface area contributed by atoms with E-state index in [9.17, 15) is 8.42 Å². The summed E-state index contributed by atoms with van der Waals surface area (Å²) >= 11 is 0. The molecule has 2 heterocycles. The molecule has 2 aromatic heterocycles. The molecular weight excluding hydrogens is 346 g/mol. The highest BCUT2D eigenvalue weighted by atomic mass is 32.2. The Bertz CT molecular complexity index is 832. The van der Waals surface area contributed by atoms with E-state index < -0.39 is 9.84 Å². The fourth-order valence-electron chi connectivity index (χ4n) is 2.14. The maximum absolute atomic E-state index is 12.3. The van der Waals surface area contributed by atoms with E-state index in [0.717, 1.165) is 6.26 Å². The van der Waals surface area contributed by atoms with Gasteiger partial charge in [0.15, 0.2) is 20.6 Å². The molecule has 0 spiro atoms. The molecule has 25 heavy (non-hydrogen) atoms. The number of hydrogen-bond acceptors (Lipinski definition) is 8. The number of nitrogens with one attached hydrogen (secondary N) is 1. The highest BCUT2D eigenvalue weighted by Gasteiger charge is 2.26. The Labute approximate surface area is 146 Å². The lowest BCUT2D eigenvalue weighted by Crippen LogP contribution is -2.15. The number of hydrogen-bond donors (Lipinski definition) is 1. The number of aromatic nitrogens is 2. The second-order valence-corrected chi connectivity index (χ2v) is 7.03. The van der Waals surface area contributed by atoms with Crippen molar-refractivity contribution in [1.82, 2.24) is 9.97 Å². The van der Waals surface area contributed by atoms with Crippen molar-refractivity contribution < 1.29 is 22.3 Å². The minimum absolute atomic E-state index is 0.150. The average molecular weight is 367 g/mol. The normalized spacial score (nSPS) is 11.3. The lowest BCUT2D eigenvalue weighted by atomic mass is 10.1. The largest absolute Gasteiger partial charge is 0.494 e. The van der Waals surface area contributed by atoms with Gasteiger partial charge in [0.1, 0.15) is 11.5 Å². The SMILES string of the molecule is C=C(OCC)c1c(-c2ccco2)nc(NCCOC)nc1S(C)(=O)=O. The molecule has 1 N–H and O–H groups in total. The van der Waals surface area contributed by atoms with Crippen LogP contribution in [0.3, 0.4) is 0 Å². The van der Waals surface area contributed by atoms with Gasteiger partial charge >= 0.3 is 0 Å². The van der Waals surface area contributed by atoms with Crippen LogP contribution >= 0.6 is 0 Å². The summed E-state index contributed by atoms with van der Waals surface area (Å²) in [6.45, 7) is 6.76. The van der Waals surface area contributed by atoms with Gasteiger partial charge in [-0.3, -0.25) is 0 Å². The molecule has 0 fully saturated rings. The van der Waals surface area contributed by atoms with Crippen molar-refractivity contribution in [1.29, 1.82) is 0 Å². The monoisotopic (exact) mass is 367 g/mol. The lowest BCUT2D eigenvalue weighted by molar-refractivity contribution is 0.210. The first-order valence-corrected chi connectivity index (χ1v) is 9.48. The second kappa shape index (κ2) is 8.13. The van der Waals surface area contributed by atoms with Crippen LogP contribution in [0.5, 0.6) is 0 Å². The van der Waals surface area contributed by atoms with E-state index in [1.807, 2.05) is 0 Å². The summed E-state index contributed by atoms with van der Waals surface area (Å²) in [4.78, 5) is 8.53. The Kier molecular flexibility index (Phi) is 6.16. The Hall–Kier alpha value is -2.39. The highest BCUT2D eigenvalue weighted by molar-refractivity contribution is 7.90. The third kappa shape index (κ3) is 4.58. The molecule has 2 rings (SSSR count). The van der Waals surface area contributed by atoms with Crippen LogP contribution in [0.4, 0.5) is 5.95 Å². The highest BCUT2D eigenvalue weighted by Crippen LogP contribution is 2.33. The van der Waals surface area contributed by atoms with Gasteiger partial charge in [-0.1, -0.05) is 6.58 Å². The van der Waals surface area contributed by atoms with Gasteiger partial charge in [0, 0.05) is 19.9 Å². The van der Waals surface area contributed by atoms with Crippen LogP contribution in [-0.4, -0.2) is 51.5 Å². The minimum atomic E-state index is -3.67. The number of ether oxygens (including phenoxy) is 2. The predicted octanol–water partition coefficient (Wildman–Crippen LogP) is 2.21. The van der Waals surface area contributed by atoms with Gasteiger partial charge in [-0.25, -0.2) is 18.4 Å². The van der Waals surface area contributed by atoms with E-state index >= 15 is 0 Å². The lowest BCUT2D eigenvalue weighted by Gasteiger charge is -2.15. The van der Waals surface area contributed by atoms with Crippen LogP contribution in [0, 0.1) is 0 Å². The van der Waals surface area contributed by atoms with Crippen molar-refractivity contribution in [2.24, 2.45) is 0 Å². The van der Waals surface area contributed by atoms with Crippen LogP contribution in [-0.2, 0) is 19.3 Å². The molecule has 0 atom stereocenters. The molecule has 0 aromatic carbocycles. The zero-order valence-corrected chi connectivity index (χ0v) is 15.2. The molecule has 0 unspecified atom stereocenters. The molecule has 0 bridgehead atoms. The smallest absolute Gasteiger partial charge is 0.224 e. The van der Waals surface area contributed by atoms with Crippen LogP contribution in [0.25, 0.3) is 17.2 Å². The van der Waals surface area contributed by atoms with Gasteiger partial charge in [0.2, 0.25) is 5.95 Å². The summed E-state index contributed by atoms with van der Waals surface area (Å²) in [5, 5.41) is 2.76. The summed E-state index contributed by atoms with van der Waals surface area (Å²) in [5.74, 6) is 0.702. The van der Waals surface area contributed by atoms with Gasteiger partial charge in [-0.05, 0) is 19.1 Å². The first-order valence-electron chi connectivity index (χ1n) is 7.59. The number of methoxy groups -OCH3 is 1. The van der Waals surface area contributed by atoms with E-state index in [1.54, 1.807) is 26.2 Å². The maximum atomic E-state index is 12.3. The third-order valence-corrected chi connectivity index (χ3v) is 4.17. The Morgan fingerprint density at radius 1 is 1.40 bits per heavy atom. The Balaban J connectivity index is 2.67. The van der Waals surface area contributed by atoms with E-state index in [4.69, 9.17) is 13.9 Å². The van der Waals surface area contributed by atoms with Crippen molar-refractivity contribution in [3.8, 4) is 11.5 Å². The third-order valence-electron chi connectivity index (χ3n) is 3.17. The second-order valence-electron chi connectivity index (χ2n) is 5.10. The molecule has 0 saturated heterocycles. The van der Waals surface area contributed by atoms with E-state index in [1.165, 1.54) is 6.26 Å². The maximum Gasteiger partial charge on any atom is 0.224 e. The molecule has 0 radical (unpaired) electrons. The number of furan rings is 1. The number of rotatable bonds is 9. The molecule has 136 valence electrons. The summed E-state index contributed by atoms with van der Waals surface area (Å²) in [6, 6.07) is 3.36. The van der Waals surface area contributed by atoms with Crippen LogP contribution in [0.2, 0.25) is 0 Å². The fraction of sp³-hybridized carbons (Fsp3) is 0.375. The first kappa shape index (κ1) is 18.9. The van der Waals surface area contributed by atoms with Gasteiger partial charge < -0.3 is 19.2 Å². The zero-order valence-electron chi connectivity index (χ0n) is 14.4. The quantitative estimate of drug-likeness (QED) is 0.409. The number of nitrogens with zero attached hydrogens (tertiary/aromatic N) is 2. The molecule has 0 aliphatic rings. The van der Waals surface area contributed by atoms with E-state index in [0.29, 0.717) is 31.2 Å². The predicted molar refractivity (Wildman–Crippen MR) is 93.9 cm³/mol. The fourth-order valence-corrected chi connectivity index (χ4v) is 2.98. The van der Waals surface area contributed by atoms with Crippen LogP contribution < -0.4 is 5.32 Å². The molecule has 0 aliphatic carbocycles. The average Bonchev–Trinajstić information content (AvgIpc) is 3.08. The van der Waals surface area contributed by atoms with Crippen LogP contribution in [0.1, 0.15) is 12.5 Å². The summed E-state index contributed by atoms with van der Waals surface area (Å²) in [6.07, 6.45) is 2.55. The van der Waals surface area contributed by atoms with Crippen LogP contribution in [0.15, 0.2) is 34.4 Å². The van der Waals surface area contributed by atoms with Crippen molar-refractivity contribution in [2.45, 2.75) is 11.9 Å². The molecule has 9 heteroatoms. The van der Waals surface area contributed by atoms with Gasteiger partial charge in [-0.15, -0.1) is 0 Å². The molecule has 0 aliphatic heterocycles. The summed E-state index contributed by atoms with van der Waals surface area (Å²) in [7, 11) is -2.10. The molecular formula is C16H21N3O5S. The first-order chi connectivity index (χ1) is 11.9. The minimum Gasteiger partial charge on any atom is -0.494 e. The molecule has 2 aromatic rings. The van der Waals surface area contributed by atoms with E-state index in [2.05, 4.69) is 21.9 Å². The van der Waals surface area contributed by atoms with Gasteiger partial charge in [0.05, 0.1) is 25.0 Å². The summed E-state index contributed by atoms with van der Waals surface area (Å²) < 4.78 is 40.4. The molecule has 0 saturated carbocycles. The molecule has 8 nitrogen and oxygen atoms in total. The Morgan fingerprint density at radius 3 is 2.72 bits per heavy atom. The van der Waals surface area contributed by atoms with Crippen molar-refractivity contribution in [3.63, 3.8) is 0 Å². The standard InChI is InChI=1S/C16H21N3O5S/c1-5-23-11(2)13-14(12-7-6-9-24-12)18-16(17-8-10-22-3)19-15(13)25(4,20)21/h6-7,9H,2,5,8,10H2,1,3-4H3,(H,17,18,19). The van der Waals surface area contributed by atoms with Crippen molar-refractivity contribution in [2.75, 3.05) is 38.4 Å². The van der Waals surface area contributed by atoms with Gasteiger partial charge in [0.25, 0.3) is 0 Å². The number of anilines is 1. The number of sulfone groups is 1. The summed E-state index contributed by atoms with van der Waals surface area (Å²) in [5.41, 5.74) is 0.482. The van der Waals surface area contributed by atoms with E-state index in [-0.39, 0.29) is 22.3 Å². The zero-order chi connectivity index (χ0) is 18.4. The molecule has 0 amide bonds.